The number of halogens is 1. The third kappa shape index (κ3) is 4.46. The Hall–Kier alpha value is -1.13. The second-order valence-corrected chi connectivity index (χ2v) is 5.68. The van der Waals surface area contributed by atoms with E-state index >= 15 is 0 Å². The topological polar surface area (TPSA) is 68.0 Å². The molecular formula is C15H24ClN3O. The average Bonchev–Trinajstić information content (AvgIpc) is 2.42. The third-order valence-corrected chi connectivity index (χ3v) is 4.08. The molecular weight excluding hydrogens is 274 g/mol. The van der Waals surface area contributed by atoms with Gasteiger partial charge in [0.25, 0.3) is 0 Å². The van der Waals surface area contributed by atoms with Gasteiger partial charge in [0.05, 0.1) is 11.9 Å². The number of nitrogens with zero attached hydrogens (tertiary/aromatic N) is 1. The van der Waals surface area contributed by atoms with Crippen molar-refractivity contribution in [3.8, 4) is 0 Å². The van der Waals surface area contributed by atoms with Gasteiger partial charge in [-0.25, -0.2) is 0 Å². The van der Waals surface area contributed by atoms with Crippen LogP contribution in [-0.4, -0.2) is 17.4 Å². The number of aromatic nitrogens is 1. The van der Waals surface area contributed by atoms with Crippen LogP contribution in [0, 0.1) is 12.3 Å². The van der Waals surface area contributed by atoms with E-state index in [-0.39, 0.29) is 23.7 Å². The molecule has 1 aliphatic rings. The molecule has 0 saturated heterocycles. The summed E-state index contributed by atoms with van der Waals surface area (Å²) in [7, 11) is 0. The number of nitrogens with one attached hydrogen (secondary N) is 1. The Morgan fingerprint density at radius 3 is 2.60 bits per heavy atom. The summed E-state index contributed by atoms with van der Waals surface area (Å²) in [5.41, 5.74) is 7.63. The molecule has 0 aliphatic heterocycles. The van der Waals surface area contributed by atoms with Gasteiger partial charge in [0.1, 0.15) is 0 Å². The van der Waals surface area contributed by atoms with Gasteiger partial charge in [-0.15, -0.1) is 12.4 Å². The van der Waals surface area contributed by atoms with Gasteiger partial charge in [-0.3, -0.25) is 9.78 Å². The molecule has 0 atom stereocenters. The molecule has 1 fully saturated rings. The van der Waals surface area contributed by atoms with Gasteiger partial charge in [0.15, 0.2) is 0 Å². The minimum atomic E-state index is 0. The maximum atomic E-state index is 12.1. The summed E-state index contributed by atoms with van der Waals surface area (Å²) in [6, 6.07) is 3.78. The molecule has 1 heterocycles. The predicted octanol–water partition coefficient (Wildman–Crippen LogP) is 3.05. The molecule has 0 unspecified atom stereocenters. The van der Waals surface area contributed by atoms with Crippen LogP contribution in [0.15, 0.2) is 18.3 Å². The fourth-order valence-corrected chi connectivity index (χ4v) is 2.84. The number of amides is 1. The van der Waals surface area contributed by atoms with Gasteiger partial charge in [0, 0.05) is 12.1 Å². The van der Waals surface area contributed by atoms with E-state index in [0.29, 0.717) is 13.0 Å². The first-order valence-corrected chi connectivity index (χ1v) is 7.06. The van der Waals surface area contributed by atoms with Gasteiger partial charge >= 0.3 is 0 Å². The molecule has 1 amide bonds. The standard InChI is InChI=1S/C15H23N3O.ClH/c1-12-5-6-13(10-17-12)18-14(19)9-15(11-16)7-3-2-4-8-15;/h5-6,10H,2-4,7-9,11,16H2,1H3,(H,18,19);1H. The molecule has 3 N–H and O–H groups in total. The Morgan fingerprint density at radius 2 is 2.05 bits per heavy atom. The van der Waals surface area contributed by atoms with Gasteiger partial charge in [-0.05, 0) is 43.9 Å². The number of nitrogens with two attached hydrogens (primary N) is 1. The molecule has 2 rings (SSSR count). The molecule has 1 saturated carbocycles. The van der Waals surface area contributed by atoms with Crippen molar-refractivity contribution in [2.75, 3.05) is 11.9 Å². The Labute approximate surface area is 126 Å². The van der Waals surface area contributed by atoms with E-state index in [9.17, 15) is 4.79 Å². The summed E-state index contributed by atoms with van der Waals surface area (Å²) < 4.78 is 0. The Bertz CT molecular complexity index is 427. The first kappa shape index (κ1) is 16.9. The molecule has 112 valence electrons. The SMILES string of the molecule is Cc1ccc(NC(=O)CC2(CN)CCCCC2)cn1.Cl. The number of hydrogen-bond acceptors (Lipinski definition) is 3. The number of rotatable bonds is 4. The zero-order chi connectivity index (χ0) is 13.7. The lowest BCUT2D eigenvalue weighted by Gasteiger charge is -2.35. The van der Waals surface area contributed by atoms with E-state index < -0.39 is 0 Å². The Morgan fingerprint density at radius 1 is 1.35 bits per heavy atom. The highest BCUT2D eigenvalue weighted by Gasteiger charge is 2.32. The fraction of sp³-hybridized carbons (Fsp3) is 0.600. The number of carbonyl (C=O) groups is 1. The highest BCUT2D eigenvalue weighted by molar-refractivity contribution is 5.91. The lowest BCUT2D eigenvalue weighted by Crippen LogP contribution is -2.36. The first-order valence-electron chi connectivity index (χ1n) is 7.06. The fourth-order valence-electron chi connectivity index (χ4n) is 2.84. The highest BCUT2D eigenvalue weighted by Crippen LogP contribution is 2.38. The van der Waals surface area contributed by atoms with Gasteiger partial charge in [0.2, 0.25) is 5.91 Å². The minimum Gasteiger partial charge on any atom is -0.330 e. The Kier molecular flexibility index (Phi) is 6.43. The van der Waals surface area contributed by atoms with Crippen LogP contribution in [0.1, 0.15) is 44.2 Å². The second-order valence-electron chi connectivity index (χ2n) is 5.68. The van der Waals surface area contributed by atoms with Crippen molar-refractivity contribution in [2.45, 2.75) is 45.4 Å². The lowest BCUT2D eigenvalue weighted by molar-refractivity contribution is -0.118. The maximum absolute atomic E-state index is 12.1. The molecule has 0 spiro atoms. The van der Waals surface area contributed by atoms with Crippen molar-refractivity contribution in [2.24, 2.45) is 11.1 Å². The van der Waals surface area contributed by atoms with E-state index in [1.54, 1.807) is 6.20 Å². The number of pyridine rings is 1. The van der Waals surface area contributed by atoms with Gasteiger partial charge < -0.3 is 11.1 Å². The molecule has 20 heavy (non-hydrogen) atoms. The molecule has 1 aromatic heterocycles. The molecule has 4 nitrogen and oxygen atoms in total. The summed E-state index contributed by atoms with van der Waals surface area (Å²) in [6.45, 7) is 2.53. The molecule has 0 bridgehead atoms. The molecule has 5 heteroatoms. The minimum absolute atomic E-state index is 0. The van der Waals surface area contributed by atoms with Crippen molar-refractivity contribution >= 4 is 24.0 Å². The average molecular weight is 298 g/mol. The largest absolute Gasteiger partial charge is 0.330 e. The molecule has 0 radical (unpaired) electrons. The second kappa shape index (κ2) is 7.60. The third-order valence-electron chi connectivity index (χ3n) is 4.08. The van der Waals surface area contributed by atoms with Crippen LogP contribution >= 0.6 is 12.4 Å². The van der Waals surface area contributed by atoms with Crippen LogP contribution in [0.25, 0.3) is 0 Å². The zero-order valence-electron chi connectivity index (χ0n) is 12.0. The molecule has 1 aromatic rings. The maximum Gasteiger partial charge on any atom is 0.225 e. The van der Waals surface area contributed by atoms with E-state index in [1.807, 2.05) is 19.1 Å². The molecule has 1 aliphatic carbocycles. The van der Waals surface area contributed by atoms with Crippen LogP contribution in [0.2, 0.25) is 0 Å². The number of carbonyl (C=O) groups excluding carboxylic acids is 1. The van der Waals surface area contributed by atoms with Crippen LogP contribution < -0.4 is 11.1 Å². The van der Waals surface area contributed by atoms with Gasteiger partial charge in [-0.1, -0.05) is 19.3 Å². The van der Waals surface area contributed by atoms with E-state index in [0.717, 1.165) is 24.2 Å². The summed E-state index contributed by atoms with van der Waals surface area (Å²) >= 11 is 0. The van der Waals surface area contributed by atoms with Crippen LogP contribution in [0.4, 0.5) is 5.69 Å². The number of hydrogen-bond donors (Lipinski definition) is 2. The van der Waals surface area contributed by atoms with Crippen molar-refractivity contribution in [1.29, 1.82) is 0 Å². The lowest BCUT2D eigenvalue weighted by atomic mass is 9.71. The normalized spacial score (nSPS) is 17.1. The molecule has 0 aromatic carbocycles. The van der Waals surface area contributed by atoms with Crippen LogP contribution in [0.3, 0.4) is 0 Å². The monoisotopic (exact) mass is 297 g/mol. The quantitative estimate of drug-likeness (QED) is 0.897. The van der Waals surface area contributed by atoms with Gasteiger partial charge in [-0.2, -0.15) is 0 Å². The van der Waals surface area contributed by atoms with Crippen LogP contribution in [-0.2, 0) is 4.79 Å². The summed E-state index contributed by atoms with van der Waals surface area (Å²) in [6.07, 6.45) is 8.02. The van der Waals surface area contributed by atoms with Crippen molar-refractivity contribution in [3.05, 3.63) is 24.0 Å². The highest BCUT2D eigenvalue weighted by atomic mass is 35.5. The van der Waals surface area contributed by atoms with E-state index in [4.69, 9.17) is 5.73 Å². The summed E-state index contributed by atoms with van der Waals surface area (Å²) in [4.78, 5) is 16.3. The Balaban J connectivity index is 0.00000200. The first-order chi connectivity index (χ1) is 9.13. The van der Waals surface area contributed by atoms with Crippen molar-refractivity contribution in [3.63, 3.8) is 0 Å². The zero-order valence-corrected chi connectivity index (χ0v) is 12.8. The number of anilines is 1. The van der Waals surface area contributed by atoms with E-state index in [1.165, 1.54) is 19.3 Å². The van der Waals surface area contributed by atoms with E-state index in [2.05, 4.69) is 10.3 Å². The van der Waals surface area contributed by atoms with Crippen molar-refractivity contribution < 1.29 is 4.79 Å². The smallest absolute Gasteiger partial charge is 0.225 e. The summed E-state index contributed by atoms with van der Waals surface area (Å²) in [5, 5.41) is 2.92. The summed E-state index contributed by atoms with van der Waals surface area (Å²) in [5.74, 6) is 0.0537. The van der Waals surface area contributed by atoms with Crippen molar-refractivity contribution in [1.82, 2.24) is 4.98 Å². The van der Waals surface area contributed by atoms with Crippen LogP contribution in [0.5, 0.6) is 0 Å². The predicted molar refractivity (Wildman–Crippen MR) is 84.0 cm³/mol. The number of aryl methyl sites for hydroxylation is 1.